The van der Waals surface area contributed by atoms with Crippen molar-refractivity contribution in [2.75, 3.05) is 20.5 Å². The lowest BCUT2D eigenvalue weighted by Crippen LogP contribution is -2.28. The van der Waals surface area contributed by atoms with Crippen LogP contribution < -0.4 is 5.73 Å². The van der Waals surface area contributed by atoms with Gasteiger partial charge in [0.2, 0.25) is 0 Å². The predicted molar refractivity (Wildman–Crippen MR) is 75.1 cm³/mol. The Kier molecular flexibility index (Phi) is 7.34. The standard InChI is InChI=1S/C15H23NO2/c1-13(15(16)10-11-18-12-17-2)8-9-14-6-4-3-5-7-14/h3-9,13,15H,10-12,16H2,1-2H3/b9-8+/t13?,15-/m0/s1. The fourth-order valence-electron chi connectivity index (χ4n) is 1.59. The molecule has 1 rings (SSSR count). The number of hydrogen-bond acceptors (Lipinski definition) is 3. The normalized spacial score (nSPS) is 14.8. The third-order valence-corrected chi connectivity index (χ3v) is 2.86. The minimum Gasteiger partial charge on any atom is -0.359 e. The van der Waals surface area contributed by atoms with E-state index < -0.39 is 0 Å². The molecule has 18 heavy (non-hydrogen) atoms. The van der Waals surface area contributed by atoms with Crippen molar-refractivity contribution in [3.05, 3.63) is 42.0 Å². The summed E-state index contributed by atoms with van der Waals surface area (Å²) in [6, 6.07) is 10.3. The highest BCUT2D eigenvalue weighted by molar-refractivity contribution is 5.49. The van der Waals surface area contributed by atoms with Crippen LogP contribution in [0.2, 0.25) is 0 Å². The number of hydrogen-bond donors (Lipinski definition) is 1. The van der Waals surface area contributed by atoms with E-state index in [-0.39, 0.29) is 6.04 Å². The summed E-state index contributed by atoms with van der Waals surface area (Å²) in [6.07, 6.45) is 5.10. The van der Waals surface area contributed by atoms with Gasteiger partial charge < -0.3 is 15.2 Å². The molecule has 0 heterocycles. The molecule has 0 bridgehead atoms. The Bertz CT molecular complexity index is 338. The van der Waals surface area contributed by atoms with Crippen molar-refractivity contribution >= 4 is 6.08 Å². The van der Waals surface area contributed by atoms with Crippen LogP contribution in [0, 0.1) is 5.92 Å². The molecule has 3 nitrogen and oxygen atoms in total. The number of benzene rings is 1. The third kappa shape index (κ3) is 5.96. The summed E-state index contributed by atoms with van der Waals surface area (Å²) in [5.74, 6) is 0.330. The molecule has 0 aliphatic rings. The van der Waals surface area contributed by atoms with Crippen molar-refractivity contribution in [2.45, 2.75) is 19.4 Å². The molecule has 100 valence electrons. The van der Waals surface area contributed by atoms with Gasteiger partial charge in [0.25, 0.3) is 0 Å². The first-order chi connectivity index (χ1) is 8.74. The van der Waals surface area contributed by atoms with Gasteiger partial charge >= 0.3 is 0 Å². The maximum Gasteiger partial charge on any atom is 0.146 e. The van der Waals surface area contributed by atoms with Crippen LogP contribution in [0.5, 0.6) is 0 Å². The van der Waals surface area contributed by atoms with E-state index in [2.05, 4.69) is 31.2 Å². The van der Waals surface area contributed by atoms with E-state index in [1.165, 1.54) is 5.56 Å². The van der Waals surface area contributed by atoms with Gasteiger partial charge in [0, 0.05) is 13.2 Å². The molecule has 1 aromatic carbocycles. The molecule has 0 saturated carbocycles. The quantitative estimate of drug-likeness (QED) is 0.569. The zero-order valence-corrected chi connectivity index (χ0v) is 11.2. The monoisotopic (exact) mass is 249 g/mol. The van der Waals surface area contributed by atoms with Gasteiger partial charge in [0.15, 0.2) is 0 Å². The molecule has 0 fully saturated rings. The van der Waals surface area contributed by atoms with E-state index >= 15 is 0 Å². The average Bonchev–Trinajstić information content (AvgIpc) is 2.42. The van der Waals surface area contributed by atoms with Crippen LogP contribution in [0.1, 0.15) is 18.9 Å². The first kappa shape index (κ1) is 14.9. The zero-order valence-electron chi connectivity index (χ0n) is 11.2. The van der Waals surface area contributed by atoms with Crippen molar-refractivity contribution in [1.29, 1.82) is 0 Å². The summed E-state index contributed by atoms with van der Waals surface area (Å²) in [6.45, 7) is 3.10. The second kappa shape index (κ2) is 8.86. The van der Waals surface area contributed by atoms with Crippen LogP contribution in [-0.2, 0) is 9.47 Å². The molecule has 0 spiro atoms. The van der Waals surface area contributed by atoms with Crippen LogP contribution in [0.15, 0.2) is 36.4 Å². The molecule has 0 radical (unpaired) electrons. The lowest BCUT2D eigenvalue weighted by atomic mass is 9.99. The van der Waals surface area contributed by atoms with E-state index in [4.69, 9.17) is 15.2 Å². The fourth-order valence-corrected chi connectivity index (χ4v) is 1.59. The summed E-state index contributed by atoms with van der Waals surface area (Å²) in [5.41, 5.74) is 7.29. The van der Waals surface area contributed by atoms with Crippen LogP contribution in [0.3, 0.4) is 0 Å². The molecule has 2 N–H and O–H groups in total. The predicted octanol–water partition coefficient (Wildman–Crippen LogP) is 2.67. The van der Waals surface area contributed by atoms with Crippen LogP contribution in [-0.4, -0.2) is 26.6 Å². The summed E-state index contributed by atoms with van der Waals surface area (Å²) < 4.78 is 10.1. The Morgan fingerprint density at radius 2 is 2.00 bits per heavy atom. The summed E-state index contributed by atoms with van der Waals surface area (Å²) in [7, 11) is 1.62. The maximum atomic E-state index is 6.09. The minimum absolute atomic E-state index is 0.113. The number of ether oxygens (including phenoxy) is 2. The smallest absolute Gasteiger partial charge is 0.146 e. The highest BCUT2D eigenvalue weighted by Gasteiger charge is 2.09. The Morgan fingerprint density at radius 1 is 1.28 bits per heavy atom. The largest absolute Gasteiger partial charge is 0.359 e. The molecule has 1 unspecified atom stereocenters. The van der Waals surface area contributed by atoms with Gasteiger partial charge in [-0.1, -0.05) is 49.4 Å². The maximum absolute atomic E-state index is 6.09. The van der Waals surface area contributed by atoms with Crippen molar-refractivity contribution in [1.82, 2.24) is 0 Å². The first-order valence-electron chi connectivity index (χ1n) is 6.29. The second-order valence-corrected chi connectivity index (χ2v) is 4.40. The molecule has 0 aliphatic heterocycles. The fraction of sp³-hybridized carbons (Fsp3) is 0.467. The van der Waals surface area contributed by atoms with Crippen LogP contribution in [0.25, 0.3) is 6.08 Å². The highest BCUT2D eigenvalue weighted by Crippen LogP contribution is 2.10. The SMILES string of the molecule is COCOCC[C@H](N)C(C)/C=C/c1ccccc1. The third-order valence-electron chi connectivity index (χ3n) is 2.86. The van der Waals surface area contributed by atoms with Gasteiger partial charge in [0.05, 0.1) is 6.61 Å². The molecular weight excluding hydrogens is 226 g/mol. The van der Waals surface area contributed by atoms with Crippen LogP contribution in [0.4, 0.5) is 0 Å². The number of nitrogens with two attached hydrogens (primary N) is 1. The van der Waals surface area contributed by atoms with E-state index in [9.17, 15) is 0 Å². The van der Waals surface area contributed by atoms with Crippen molar-refractivity contribution < 1.29 is 9.47 Å². The highest BCUT2D eigenvalue weighted by atomic mass is 16.7. The van der Waals surface area contributed by atoms with Gasteiger partial charge in [0.1, 0.15) is 6.79 Å². The van der Waals surface area contributed by atoms with E-state index in [0.717, 1.165) is 6.42 Å². The molecule has 0 amide bonds. The molecule has 3 heteroatoms. The summed E-state index contributed by atoms with van der Waals surface area (Å²) in [4.78, 5) is 0. The Morgan fingerprint density at radius 3 is 2.67 bits per heavy atom. The molecule has 1 aromatic rings. The molecule has 0 aromatic heterocycles. The van der Waals surface area contributed by atoms with Gasteiger partial charge in [-0.3, -0.25) is 0 Å². The van der Waals surface area contributed by atoms with E-state index in [0.29, 0.717) is 19.3 Å². The van der Waals surface area contributed by atoms with Gasteiger partial charge in [-0.2, -0.15) is 0 Å². The van der Waals surface area contributed by atoms with Crippen LogP contribution >= 0.6 is 0 Å². The Labute approximate surface area is 110 Å². The van der Waals surface area contributed by atoms with Crippen molar-refractivity contribution in [3.8, 4) is 0 Å². The lowest BCUT2D eigenvalue weighted by molar-refractivity contribution is -0.0329. The second-order valence-electron chi connectivity index (χ2n) is 4.40. The zero-order chi connectivity index (χ0) is 13.2. The average molecular weight is 249 g/mol. The molecule has 0 saturated heterocycles. The molecule has 0 aliphatic carbocycles. The lowest BCUT2D eigenvalue weighted by Gasteiger charge is -2.16. The summed E-state index contributed by atoms with van der Waals surface area (Å²) in [5, 5.41) is 0. The van der Waals surface area contributed by atoms with Gasteiger partial charge in [-0.25, -0.2) is 0 Å². The number of methoxy groups -OCH3 is 1. The van der Waals surface area contributed by atoms with Gasteiger partial charge in [-0.15, -0.1) is 0 Å². The first-order valence-corrected chi connectivity index (χ1v) is 6.29. The molecular formula is C15H23NO2. The van der Waals surface area contributed by atoms with E-state index in [1.807, 2.05) is 18.2 Å². The minimum atomic E-state index is 0.113. The number of rotatable bonds is 8. The van der Waals surface area contributed by atoms with Gasteiger partial charge in [-0.05, 0) is 17.9 Å². The Balaban J connectivity index is 2.31. The van der Waals surface area contributed by atoms with Crippen molar-refractivity contribution in [3.63, 3.8) is 0 Å². The van der Waals surface area contributed by atoms with Crippen molar-refractivity contribution in [2.24, 2.45) is 11.7 Å². The molecule has 2 atom stereocenters. The topological polar surface area (TPSA) is 44.5 Å². The summed E-state index contributed by atoms with van der Waals surface area (Å²) >= 11 is 0. The Hall–Kier alpha value is -1.16. The van der Waals surface area contributed by atoms with E-state index in [1.54, 1.807) is 7.11 Å².